The Labute approximate surface area is 39.1 Å². The van der Waals surface area contributed by atoms with E-state index in [1.54, 1.807) is 0 Å². The normalized spacial score (nSPS) is 12.2. The van der Waals surface area contributed by atoms with Crippen molar-refractivity contribution in [2.24, 2.45) is 4.99 Å². The topological polar surface area (TPSA) is 12.4 Å². The van der Waals surface area contributed by atoms with Crippen molar-refractivity contribution >= 4 is 5.71 Å². The molecule has 0 unspecified atom stereocenters. The van der Waals surface area contributed by atoms with Gasteiger partial charge in [0.05, 0.1) is 0 Å². The molecule has 0 saturated heterocycles. The number of hydrogen-bond donors (Lipinski definition) is 0. The first-order valence-electron chi connectivity index (χ1n) is 2.23. The van der Waals surface area contributed by atoms with E-state index in [4.69, 9.17) is 0 Å². The summed E-state index contributed by atoms with van der Waals surface area (Å²) in [7, 11) is 1.82. The molecular weight excluding hydrogens is 74.1 g/mol. The van der Waals surface area contributed by atoms with Gasteiger partial charge in [-0.3, -0.25) is 4.99 Å². The van der Waals surface area contributed by atoms with Crippen LogP contribution >= 0.6 is 0 Å². The predicted molar refractivity (Wildman–Crippen MR) is 29.3 cm³/mol. The molecule has 0 saturated carbocycles. The summed E-state index contributed by atoms with van der Waals surface area (Å²) in [6, 6.07) is 0. The minimum atomic E-state index is 1.08. The Balaban J connectivity index is 3.22. The van der Waals surface area contributed by atoms with Gasteiger partial charge in [-0.1, -0.05) is 6.92 Å². The van der Waals surface area contributed by atoms with E-state index in [1.165, 1.54) is 5.71 Å². The average molecular weight is 85.1 g/mol. The fourth-order valence-corrected chi connectivity index (χ4v) is 0.158. The molecular formula is C5H11N. The summed E-state index contributed by atoms with van der Waals surface area (Å²) in [6.07, 6.45) is 1.08. The van der Waals surface area contributed by atoms with Crippen LogP contribution in [-0.2, 0) is 0 Å². The fourth-order valence-electron chi connectivity index (χ4n) is 0.158. The summed E-state index contributed by atoms with van der Waals surface area (Å²) >= 11 is 0. The van der Waals surface area contributed by atoms with Gasteiger partial charge in [0.2, 0.25) is 0 Å². The fraction of sp³-hybridized carbons (Fsp3) is 0.800. The number of nitrogens with zero attached hydrogens (tertiary/aromatic N) is 1. The summed E-state index contributed by atoms with van der Waals surface area (Å²) < 4.78 is 0. The largest absolute Gasteiger partial charge is 0.298 e. The van der Waals surface area contributed by atoms with Crippen LogP contribution in [0.5, 0.6) is 0 Å². The van der Waals surface area contributed by atoms with Gasteiger partial charge in [-0.05, 0) is 13.3 Å². The van der Waals surface area contributed by atoms with Crippen LogP contribution in [-0.4, -0.2) is 12.8 Å². The first-order valence-corrected chi connectivity index (χ1v) is 2.23. The molecule has 0 spiro atoms. The summed E-state index contributed by atoms with van der Waals surface area (Å²) in [4.78, 5) is 3.92. The first kappa shape index (κ1) is 5.67. The Morgan fingerprint density at radius 2 is 2.17 bits per heavy atom. The molecule has 0 aliphatic rings. The maximum atomic E-state index is 3.92. The molecule has 0 aliphatic heterocycles. The Morgan fingerprint density at radius 3 is 2.17 bits per heavy atom. The van der Waals surface area contributed by atoms with Crippen LogP contribution in [0, 0.1) is 0 Å². The van der Waals surface area contributed by atoms with E-state index in [0.717, 1.165) is 6.42 Å². The van der Waals surface area contributed by atoms with Gasteiger partial charge in [0.25, 0.3) is 0 Å². The molecule has 0 bridgehead atoms. The van der Waals surface area contributed by atoms with E-state index in [1.807, 2.05) is 14.0 Å². The summed E-state index contributed by atoms with van der Waals surface area (Å²) in [5.74, 6) is 0. The summed E-state index contributed by atoms with van der Waals surface area (Å²) in [5.41, 5.74) is 1.22. The molecule has 0 aliphatic carbocycles. The second-order valence-corrected chi connectivity index (χ2v) is 1.31. The quantitative estimate of drug-likeness (QED) is 0.428. The minimum Gasteiger partial charge on any atom is -0.298 e. The number of rotatable bonds is 1. The van der Waals surface area contributed by atoms with Crippen molar-refractivity contribution in [3.63, 3.8) is 0 Å². The van der Waals surface area contributed by atoms with E-state index >= 15 is 0 Å². The van der Waals surface area contributed by atoms with Crippen LogP contribution in [0.3, 0.4) is 0 Å². The molecule has 0 atom stereocenters. The van der Waals surface area contributed by atoms with Crippen molar-refractivity contribution in [1.29, 1.82) is 0 Å². The Hall–Kier alpha value is -0.330. The Bertz CT molecular complexity index is 55.0. The molecule has 0 aromatic carbocycles. The monoisotopic (exact) mass is 85.1 g/mol. The zero-order chi connectivity index (χ0) is 4.99. The minimum absolute atomic E-state index is 1.08. The van der Waals surface area contributed by atoms with E-state index in [-0.39, 0.29) is 0 Å². The van der Waals surface area contributed by atoms with Crippen molar-refractivity contribution in [3.05, 3.63) is 0 Å². The SMILES string of the molecule is CC/C(C)=N/C. The van der Waals surface area contributed by atoms with Gasteiger partial charge in [-0.15, -0.1) is 0 Å². The lowest BCUT2D eigenvalue weighted by molar-refractivity contribution is 1.23. The summed E-state index contributed by atoms with van der Waals surface area (Å²) in [6.45, 7) is 4.13. The second-order valence-electron chi connectivity index (χ2n) is 1.31. The number of aliphatic imine (C=N–C) groups is 1. The van der Waals surface area contributed by atoms with Crippen LogP contribution in [0.25, 0.3) is 0 Å². The molecule has 0 rings (SSSR count). The maximum Gasteiger partial charge on any atom is 0.0276 e. The Kier molecular flexibility index (Phi) is 2.73. The zero-order valence-corrected chi connectivity index (χ0v) is 4.65. The van der Waals surface area contributed by atoms with Crippen LogP contribution in [0.1, 0.15) is 20.3 Å². The molecule has 0 N–H and O–H groups in total. The predicted octanol–water partition coefficient (Wildman–Crippen LogP) is 1.49. The van der Waals surface area contributed by atoms with E-state index in [9.17, 15) is 0 Å². The van der Waals surface area contributed by atoms with Gasteiger partial charge in [0, 0.05) is 12.8 Å². The highest BCUT2D eigenvalue weighted by Crippen LogP contribution is 1.78. The molecule has 0 heterocycles. The lowest BCUT2D eigenvalue weighted by Gasteiger charge is -1.84. The second kappa shape index (κ2) is 2.88. The molecule has 6 heavy (non-hydrogen) atoms. The Morgan fingerprint density at radius 1 is 1.67 bits per heavy atom. The van der Waals surface area contributed by atoms with Gasteiger partial charge in [0.1, 0.15) is 0 Å². The standard InChI is InChI=1S/C5H11N/c1-4-5(2)6-3/h4H2,1-3H3/b6-5+. The third kappa shape index (κ3) is 1.94. The molecule has 0 radical (unpaired) electrons. The van der Waals surface area contributed by atoms with E-state index in [0.29, 0.717) is 0 Å². The lowest BCUT2D eigenvalue weighted by Crippen LogP contribution is -1.83. The van der Waals surface area contributed by atoms with Gasteiger partial charge in [0.15, 0.2) is 0 Å². The van der Waals surface area contributed by atoms with Crippen molar-refractivity contribution < 1.29 is 0 Å². The number of hydrogen-bond acceptors (Lipinski definition) is 1. The highest BCUT2D eigenvalue weighted by molar-refractivity contribution is 5.81. The lowest BCUT2D eigenvalue weighted by atomic mass is 10.3. The molecule has 36 valence electrons. The van der Waals surface area contributed by atoms with Crippen molar-refractivity contribution in [3.8, 4) is 0 Å². The third-order valence-corrected chi connectivity index (χ3v) is 0.893. The van der Waals surface area contributed by atoms with Gasteiger partial charge < -0.3 is 0 Å². The first-order chi connectivity index (χ1) is 2.81. The van der Waals surface area contributed by atoms with Crippen LogP contribution in [0.4, 0.5) is 0 Å². The van der Waals surface area contributed by atoms with Crippen molar-refractivity contribution in [2.75, 3.05) is 7.05 Å². The maximum absolute atomic E-state index is 3.92. The van der Waals surface area contributed by atoms with Crippen molar-refractivity contribution in [2.45, 2.75) is 20.3 Å². The van der Waals surface area contributed by atoms with Crippen LogP contribution < -0.4 is 0 Å². The van der Waals surface area contributed by atoms with Crippen LogP contribution in [0.15, 0.2) is 4.99 Å². The molecule has 1 nitrogen and oxygen atoms in total. The van der Waals surface area contributed by atoms with Gasteiger partial charge >= 0.3 is 0 Å². The smallest absolute Gasteiger partial charge is 0.0276 e. The third-order valence-electron chi connectivity index (χ3n) is 0.893. The van der Waals surface area contributed by atoms with E-state index in [2.05, 4.69) is 11.9 Å². The van der Waals surface area contributed by atoms with Crippen LogP contribution in [0.2, 0.25) is 0 Å². The van der Waals surface area contributed by atoms with E-state index < -0.39 is 0 Å². The molecule has 1 heteroatoms. The summed E-state index contributed by atoms with van der Waals surface area (Å²) in [5, 5.41) is 0. The molecule has 0 fully saturated rings. The highest BCUT2D eigenvalue weighted by Gasteiger charge is 1.75. The zero-order valence-electron chi connectivity index (χ0n) is 4.65. The average Bonchev–Trinajstić information content (AvgIpc) is 1.65. The van der Waals surface area contributed by atoms with Gasteiger partial charge in [-0.25, -0.2) is 0 Å². The molecule has 0 aromatic heterocycles. The van der Waals surface area contributed by atoms with Crippen molar-refractivity contribution in [1.82, 2.24) is 0 Å². The van der Waals surface area contributed by atoms with Gasteiger partial charge in [-0.2, -0.15) is 0 Å². The molecule has 0 amide bonds. The highest BCUT2D eigenvalue weighted by atomic mass is 14.7. The molecule has 0 aromatic rings.